The van der Waals surface area contributed by atoms with Crippen LogP contribution in [0.1, 0.15) is 5.56 Å². The molecule has 21 heavy (non-hydrogen) atoms. The molecule has 1 heterocycles. The Balaban J connectivity index is 2.40. The number of rotatable bonds is 0. The van der Waals surface area contributed by atoms with Crippen molar-refractivity contribution in [2.45, 2.75) is 6.92 Å². The molecule has 0 aromatic heterocycles. The van der Waals surface area contributed by atoms with Gasteiger partial charge in [-0.3, -0.25) is 9.59 Å². The van der Waals surface area contributed by atoms with Crippen LogP contribution in [0.15, 0.2) is 56.5 Å². The van der Waals surface area contributed by atoms with Gasteiger partial charge >= 0.3 is 0 Å². The first-order chi connectivity index (χ1) is 10.1. The standard InChI is InChI=1S/C17H11NO3/c1-9-6-7-12-13(8-9)21-17-14(18-12)15(19)10-4-2-3-5-11(10)16(17)20/h2-8,18H,1H3. The SMILES string of the molecule is Cc1ccc2[nH]c3c(=O)c4ccccc4c(=O)c=3oc2c1. The molecule has 4 heteroatoms. The molecule has 0 amide bonds. The molecule has 0 bridgehead atoms. The lowest BCUT2D eigenvalue weighted by molar-refractivity contribution is 0.556. The van der Waals surface area contributed by atoms with Gasteiger partial charge in [-0.15, -0.1) is 0 Å². The van der Waals surface area contributed by atoms with Gasteiger partial charge in [0.15, 0.2) is 5.58 Å². The second-order valence-corrected chi connectivity index (χ2v) is 5.13. The highest BCUT2D eigenvalue weighted by atomic mass is 16.3. The van der Waals surface area contributed by atoms with Gasteiger partial charge in [0, 0.05) is 10.8 Å². The highest BCUT2D eigenvalue weighted by Gasteiger charge is 2.10. The van der Waals surface area contributed by atoms with Crippen LogP contribution in [0.4, 0.5) is 0 Å². The normalized spacial score (nSPS) is 11.5. The van der Waals surface area contributed by atoms with Crippen molar-refractivity contribution in [2.75, 3.05) is 0 Å². The number of benzene rings is 2. The van der Waals surface area contributed by atoms with Crippen LogP contribution in [-0.2, 0) is 0 Å². The minimum Gasteiger partial charge on any atom is -0.449 e. The monoisotopic (exact) mass is 277 g/mol. The van der Waals surface area contributed by atoms with E-state index in [-0.39, 0.29) is 21.6 Å². The lowest BCUT2D eigenvalue weighted by Gasteiger charge is -2.02. The first-order valence-corrected chi connectivity index (χ1v) is 6.63. The van der Waals surface area contributed by atoms with Crippen LogP contribution in [0.2, 0.25) is 0 Å². The lowest BCUT2D eigenvalue weighted by Crippen LogP contribution is -2.16. The van der Waals surface area contributed by atoms with E-state index in [0.29, 0.717) is 21.9 Å². The molecule has 102 valence electrons. The van der Waals surface area contributed by atoms with Crippen molar-refractivity contribution >= 4 is 21.9 Å². The molecular weight excluding hydrogens is 266 g/mol. The zero-order chi connectivity index (χ0) is 14.6. The van der Waals surface area contributed by atoms with E-state index in [1.54, 1.807) is 24.3 Å². The van der Waals surface area contributed by atoms with E-state index in [9.17, 15) is 9.59 Å². The molecule has 1 N–H and O–H groups in total. The van der Waals surface area contributed by atoms with E-state index in [0.717, 1.165) is 5.56 Å². The van der Waals surface area contributed by atoms with Crippen molar-refractivity contribution in [1.82, 2.24) is 4.98 Å². The minimum absolute atomic E-state index is 0.0804. The molecule has 0 radical (unpaired) electrons. The Kier molecular flexibility index (Phi) is 2.30. The van der Waals surface area contributed by atoms with Crippen LogP contribution >= 0.6 is 0 Å². The van der Waals surface area contributed by atoms with Gasteiger partial charge in [-0.05, 0) is 24.6 Å². The molecule has 2 aromatic carbocycles. The zero-order valence-corrected chi connectivity index (χ0v) is 11.3. The van der Waals surface area contributed by atoms with Gasteiger partial charge in [-0.25, -0.2) is 0 Å². The number of nitrogens with one attached hydrogen (secondary N) is 1. The Hall–Kier alpha value is -2.88. The van der Waals surface area contributed by atoms with Crippen LogP contribution in [0.3, 0.4) is 0 Å². The van der Waals surface area contributed by atoms with Crippen molar-refractivity contribution in [3.8, 4) is 0 Å². The van der Waals surface area contributed by atoms with Gasteiger partial charge in [0.1, 0.15) is 5.35 Å². The summed E-state index contributed by atoms with van der Waals surface area (Å²) >= 11 is 0. The van der Waals surface area contributed by atoms with E-state index in [1.807, 2.05) is 25.1 Å². The molecule has 2 aromatic rings. The maximum atomic E-state index is 12.5. The summed E-state index contributed by atoms with van der Waals surface area (Å²) in [6.07, 6.45) is 0. The van der Waals surface area contributed by atoms with Crippen LogP contribution in [-0.4, -0.2) is 4.98 Å². The summed E-state index contributed by atoms with van der Waals surface area (Å²) in [5, 5.41) is 1.02. The van der Waals surface area contributed by atoms with Crippen molar-refractivity contribution in [3.05, 3.63) is 79.2 Å². The van der Waals surface area contributed by atoms with E-state index in [1.165, 1.54) is 0 Å². The highest BCUT2D eigenvalue weighted by Crippen LogP contribution is 2.14. The molecule has 4 rings (SSSR count). The number of aromatic amines is 1. The van der Waals surface area contributed by atoms with Crippen molar-refractivity contribution in [2.24, 2.45) is 0 Å². The minimum atomic E-state index is -0.264. The Morgan fingerprint density at radius 3 is 2.43 bits per heavy atom. The summed E-state index contributed by atoms with van der Waals surface area (Å²) in [7, 11) is 0. The fraction of sp³-hybridized carbons (Fsp3) is 0.0588. The second kappa shape index (κ2) is 4.06. The maximum Gasteiger partial charge on any atom is 0.231 e. The van der Waals surface area contributed by atoms with Crippen LogP contribution in [0.5, 0.6) is 0 Å². The first kappa shape index (κ1) is 11.9. The number of H-pyrrole nitrogens is 1. The Morgan fingerprint density at radius 2 is 1.67 bits per heavy atom. The largest absolute Gasteiger partial charge is 0.449 e. The molecular formula is C17H11NO3. The molecule has 0 atom stereocenters. The molecule has 0 fully saturated rings. The molecule has 1 aliphatic heterocycles. The molecule has 1 aliphatic carbocycles. The van der Waals surface area contributed by atoms with E-state index in [2.05, 4.69) is 4.98 Å². The van der Waals surface area contributed by atoms with Gasteiger partial charge in [0.05, 0.1) is 5.52 Å². The van der Waals surface area contributed by atoms with Crippen molar-refractivity contribution in [1.29, 1.82) is 0 Å². The Morgan fingerprint density at radius 1 is 0.952 bits per heavy atom. The smallest absolute Gasteiger partial charge is 0.231 e. The molecule has 0 saturated carbocycles. The average Bonchev–Trinajstić information content (AvgIpc) is 2.51. The third kappa shape index (κ3) is 1.62. The third-order valence-corrected chi connectivity index (χ3v) is 3.69. The first-order valence-electron chi connectivity index (χ1n) is 6.63. The Bertz CT molecular complexity index is 1180. The summed E-state index contributed by atoms with van der Waals surface area (Å²) in [5.41, 5.74) is 1.88. The summed E-state index contributed by atoms with van der Waals surface area (Å²) in [6, 6.07) is 12.4. The average molecular weight is 277 g/mol. The summed E-state index contributed by atoms with van der Waals surface area (Å²) in [4.78, 5) is 28.1. The van der Waals surface area contributed by atoms with Gasteiger partial charge < -0.3 is 9.40 Å². The van der Waals surface area contributed by atoms with Gasteiger partial charge in [0.25, 0.3) is 0 Å². The van der Waals surface area contributed by atoms with Crippen LogP contribution < -0.4 is 10.9 Å². The molecule has 0 saturated heterocycles. The number of hydrogen-bond acceptors (Lipinski definition) is 3. The predicted octanol–water partition coefficient (Wildman–Crippen LogP) is 2.67. The van der Waals surface area contributed by atoms with Crippen LogP contribution in [0.25, 0.3) is 21.9 Å². The number of fused-ring (bicyclic) bond motifs is 2. The van der Waals surface area contributed by atoms with Crippen LogP contribution in [0, 0.1) is 17.7 Å². The predicted molar refractivity (Wildman–Crippen MR) is 80.6 cm³/mol. The molecule has 4 nitrogen and oxygen atoms in total. The molecule has 0 spiro atoms. The topological polar surface area (TPSA) is 63.1 Å². The Labute approximate surface area is 118 Å². The highest BCUT2D eigenvalue weighted by molar-refractivity contribution is 5.82. The van der Waals surface area contributed by atoms with Gasteiger partial charge in [0.2, 0.25) is 16.3 Å². The summed E-state index contributed by atoms with van der Waals surface area (Å²) in [5.74, 6) is 0. The van der Waals surface area contributed by atoms with Crippen molar-refractivity contribution < 1.29 is 4.42 Å². The fourth-order valence-corrected chi connectivity index (χ4v) is 2.63. The quantitative estimate of drug-likeness (QED) is 0.537. The van der Waals surface area contributed by atoms with E-state index < -0.39 is 0 Å². The fourth-order valence-electron chi connectivity index (χ4n) is 2.63. The van der Waals surface area contributed by atoms with E-state index in [4.69, 9.17) is 4.42 Å². The number of aryl methyl sites for hydroxylation is 1. The third-order valence-electron chi connectivity index (χ3n) is 3.69. The van der Waals surface area contributed by atoms with Gasteiger partial charge in [-0.2, -0.15) is 0 Å². The lowest BCUT2D eigenvalue weighted by atomic mass is 10.1. The van der Waals surface area contributed by atoms with E-state index >= 15 is 0 Å². The molecule has 0 unspecified atom stereocenters. The second-order valence-electron chi connectivity index (χ2n) is 5.13. The number of hydrogen-bond donors (Lipinski definition) is 1. The zero-order valence-electron chi connectivity index (χ0n) is 11.3. The summed E-state index contributed by atoms with van der Waals surface area (Å²) in [6.45, 7) is 1.94. The summed E-state index contributed by atoms with van der Waals surface area (Å²) < 4.78 is 5.70. The number of aromatic nitrogens is 1. The molecule has 2 aliphatic rings. The van der Waals surface area contributed by atoms with Gasteiger partial charge in [-0.1, -0.05) is 30.3 Å². The maximum absolute atomic E-state index is 12.5. The van der Waals surface area contributed by atoms with Crippen molar-refractivity contribution in [3.63, 3.8) is 0 Å².